The summed E-state index contributed by atoms with van der Waals surface area (Å²) in [4.78, 5) is 55.8. The quantitative estimate of drug-likeness (QED) is 0.405. The summed E-state index contributed by atoms with van der Waals surface area (Å²) in [7, 11) is 0. The Hall–Kier alpha value is -2.36. The summed E-state index contributed by atoms with van der Waals surface area (Å²) in [5.74, 6) is -0.587. The maximum atomic E-state index is 13.6. The van der Waals surface area contributed by atoms with Crippen molar-refractivity contribution >= 4 is 23.8 Å². The van der Waals surface area contributed by atoms with E-state index in [0.717, 1.165) is 77.3 Å². The van der Waals surface area contributed by atoms with E-state index in [4.69, 9.17) is 5.73 Å². The molecule has 37 heavy (non-hydrogen) atoms. The van der Waals surface area contributed by atoms with Crippen molar-refractivity contribution < 1.29 is 19.2 Å². The molecule has 0 aromatic carbocycles. The molecule has 0 radical (unpaired) electrons. The van der Waals surface area contributed by atoms with E-state index >= 15 is 0 Å². The van der Waals surface area contributed by atoms with Gasteiger partial charge in [-0.05, 0) is 51.1 Å². The lowest BCUT2D eigenvalue weighted by molar-refractivity contribution is -0.142. The van der Waals surface area contributed by atoms with Gasteiger partial charge in [0, 0.05) is 25.0 Å². The van der Waals surface area contributed by atoms with Crippen LogP contribution in [0.3, 0.4) is 0 Å². The molecule has 10 heteroatoms. The second kappa shape index (κ2) is 13.4. The SMILES string of the molecule is NC(=O)[C@H](CC1CCCCC1)NC(=O)[C@H]1CN(C(=O)C2CCNCC2)CCN1C(=O)NC1CCCCC1. The summed E-state index contributed by atoms with van der Waals surface area (Å²) in [6.45, 7) is 2.46. The average molecular weight is 519 g/mol. The third-order valence-corrected chi connectivity index (χ3v) is 8.83. The van der Waals surface area contributed by atoms with Crippen LogP contribution in [0.5, 0.6) is 0 Å². The Kier molecular flexibility index (Phi) is 10.1. The first kappa shape index (κ1) is 27.7. The Morgan fingerprint density at radius 1 is 0.865 bits per heavy atom. The van der Waals surface area contributed by atoms with Gasteiger partial charge in [-0.25, -0.2) is 4.79 Å². The molecule has 208 valence electrons. The Labute approximate surface area is 220 Å². The Balaban J connectivity index is 1.45. The van der Waals surface area contributed by atoms with E-state index in [2.05, 4.69) is 16.0 Å². The first-order valence-corrected chi connectivity index (χ1v) is 14.6. The zero-order valence-electron chi connectivity index (χ0n) is 22.2. The Bertz CT molecular complexity index is 805. The summed E-state index contributed by atoms with van der Waals surface area (Å²) >= 11 is 0. The zero-order valence-corrected chi connectivity index (χ0v) is 22.2. The summed E-state index contributed by atoms with van der Waals surface area (Å²) in [5.41, 5.74) is 5.71. The largest absolute Gasteiger partial charge is 0.368 e. The fourth-order valence-corrected chi connectivity index (χ4v) is 6.55. The van der Waals surface area contributed by atoms with Crippen LogP contribution in [0.2, 0.25) is 0 Å². The molecule has 0 spiro atoms. The van der Waals surface area contributed by atoms with E-state index in [-0.39, 0.29) is 37.0 Å². The van der Waals surface area contributed by atoms with Crippen molar-refractivity contribution in [3.05, 3.63) is 0 Å². The standard InChI is InChI=1S/C27H46N6O4/c28-24(34)22(17-19-7-3-1-4-8-19)31-25(35)23-18-32(26(36)20-11-13-29-14-12-20)15-16-33(23)27(37)30-21-9-5-2-6-10-21/h19-23,29H,1-18H2,(H2,28,34)(H,30,37)(H,31,35)/t22-,23+/m0/s1. The van der Waals surface area contributed by atoms with Crippen LogP contribution in [0.4, 0.5) is 4.79 Å². The van der Waals surface area contributed by atoms with Gasteiger partial charge in [-0.1, -0.05) is 51.4 Å². The van der Waals surface area contributed by atoms with Gasteiger partial charge in [0.25, 0.3) is 0 Å². The first-order chi connectivity index (χ1) is 17.9. The summed E-state index contributed by atoms with van der Waals surface area (Å²) < 4.78 is 0. The molecule has 2 saturated carbocycles. The second-order valence-corrected chi connectivity index (χ2v) is 11.5. The number of hydrogen-bond donors (Lipinski definition) is 4. The molecule has 0 bridgehead atoms. The molecule has 0 aromatic heterocycles. The topological polar surface area (TPSA) is 137 Å². The molecular weight excluding hydrogens is 472 g/mol. The highest BCUT2D eigenvalue weighted by molar-refractivity contribution is 5.92. The van der Waals surface area contributed by atoms with E-state index in [1.165, 1.54) is 12.8 Å². The van der Waals surface area contributed by atoms with Crippen molar-refractivity contribution in [3.8, 4) is 0 Å². The highest BCUT2D eigenvalue weighted by Crippen LogP contribution is 2.27. The molecule has 2 heterocycles. The fraction of sp³-hybridized carbons (Fsp3) is 0.852. The van der Waals surface area contributed by atoms with Crippen molar-refractivity contribution in [1.82, 2.24) is 25.8 Å². The van der Waals surface area contributed by atoms with Gasteiger partial charge in [-0.3, -0.25) is 14.4 Å². The molecule has 5 N–H and O–H groups in total. The molecule has 0 unspecified atom stereocenters. The molecular formula is C27H46N6O4. The summed E-state index contributed by atoms with van der Waals surface area (Å²) in [5, 5.41) is 9.29. The normalized spacial score (nSPS) is 25.4. The van der Waals surface area contributed by atoms with Crippen molar-refractivity contribution in [3.63, 3.8) is 0 Å². The number of nitrogens with one attached hydrogen (secondary N) is 3. The van der Waals surface area contributed by atoms with Crippen molar-refractivity contribution in [2.75, 3.05) is 32.7 Å². The number of piperazine rings is 1. The van der Waals surface area contributed by atoms with Crippen molar-refractivity contribution in [2.24, 2.45) is 17.6 Å². The number of primary amides is 1. The highest BCUT2D eigenvalue weighted by atomic mass is 16.2. The lowest BCUT2D eigenvalue weighted by Crippen LogP contribution is -2.65. The maximum Gasteiger partial charge on any atom is 0.318 e. The van der Waals surface area contributed by atoms with Crippen LogP contribution in [-0.2, 0) is 14.4 Å². The van der Waals surface area contributed by atoms with Crippen LogP contribution in [0.1, 0.15) is 83.5 Å². The number of urea groups is 1. The predicted octanol–water partition coefficient (Wildman–Crippen LogP) is 1.48. The monoisotopic (exact) mass is 518 g/mol. The number of nitrogens with two attached hydrogens (primary N) is 1. The number of hydrogen-bond acceptors (Lipinski definition) is 5. The lowest BCUT2D eigenvalue weighted by Gasteiger charge is -2.42. The fourth-order valence-electron chi connectivity index (χ4n) is 6.55. The average Bonchev–Trinajstić information content (AvgIpc) is 2.93. The zero-order chi connectivity index (χ0) is 26.2. The number of piperidine rings is 1. The van der Waals surface area contributed by atoms with E-state index in [1.807, 2.05) is 0 Å². The van der Waals surface area contributed by atoms with Gasteiger partial charge in [-0.15, -0.1) is 0 Å². The highest BCUT2D eigenvalue weighted by Gasteiger charge is 2.40. The van der Waals surface area contributed by atoms with E-state index in [1.54, 1.807) is 9.80 Å². The van der Waals surface area contributed by atoms with Gasteiger partial charge in [0.05, 0.1) is 6.54 Å². The minimum atomic E-state index is -0.851. The number of carbonyl (C=O) groups excluding carboxylic acids is 4. The van der Waals surface area contributed by atoms with Crippen LogP contribution >= 0.6 is 0 Å². The van der Waals surface area contributed by atoms with Crippen LogP contribution in [0, 0.1) is 11.8 Å². The molecule has 10 nitrogen and oxygen atoms in total. The number of amides is 5. The van der Waals surface area contributed by atoms with Crippen LogP contribution in [-0.4, -0.2) is 84.4 Å². The minimum absolute atomic E-state index is 0.0558. The van der Waals surface area contributed by atoms with Gasteiger partial charge in [-0.2, -0.15) is 0 Å². The van der Waals surface area contributed by atoms with E-state index in [0.29, 0.717) is 18.9 Å². The number of rotatable bonds is 7. The predicted molar refractivity (Wildman–Crippen MR) is 140 cm³/mol. The molecule has 4 fully saturated rings. The first-order valence-electron chi connectivity index (χ1n) is 14.6. The van der Waals surface area contributed by atoms with Gasteiger partial charge in [0.1, 0.15) is 12.1 Å². The van der Waals surface area contributed by atoms with Gasteiger partial charge < -0.3 is 31.5 Å². The molecule has 4 aliphatic rings. The Morgan fingerprint density at radius 2 is 1.51 bits per heavy atom. The molecule has 2 atom stereocenters. The van der Waals surface area contributed by atoms with Crippen LogP contribution in [0.15, 0.2) is 0 Å². The molecule has 2 aliphatic carbocycles. The second-order valence-electron chi connectivity index (χ2n) is 11.5. The lowest BCUT2D eigenvalue weighted by atomic mass is 9.84. The number of nitrogens with zero attached hydrogens (tertiary/aromatic N) is 2. The third kappa shape index (κ3) is 7.58. The third-order valence-electron chi connectivity index (χ3n) is 8.83. The Morgan fingerprint density at radius 3 is 2.16 bits per heavy atom. The smallest absolute Gasteiger partial charge is 0.318 e. The summed E-state index contributed by atoms with van der Waals surface area (Å²) in [6, 6.07) is -1.77. The van der Waals surface area contributed by atoms with Crippen molar-refractivity contribution in [2.45, 2.75) is 102 Å². The molecule has 2 aliphatic heterocycles. The molecule has 5 amide bonds. The molecule has 4 rings (SSSR count). The van der Waals surface area contributed by atoms with Crippen molar-refractivity contribution in [1.29, 1.82) is 0 Å². The van der Waals surface area contributed by atoms with Crippen LogP contribution in [0.25, 0.3) is 0 Å². The van der Waals surface area contributed by atoms with E-state index < -0.39 is 23.9 Å². The van der Waals surface area contributed by atoms with Crippen LogP contribution < -0.4 is 21.7 Å². The maximum absolute atomic E-state index is 13.6. The summed E-state index contributed by atoms with van der Waals surface area (Å²) in [6.07, 6.45) is 12.9. The van der Waals surface area contributed by atoms with Gasteiger partial charge in [0.15, 0.2) is 0 Å². The van der Waals surface area contributed by atoms with Gasteiger partial charge >= 0.3 is 6.03 Å². The van der Waals surface area contributed by atoms with Gasteiger partial charge in [0.2, 0.25) is 17.7 Å². The number of carbonyl (C=O) groups is 4. The molecule has 2 saturated heterocycles. The van der Waals surface area contributed by atoms with E-state index in [9.17, 15) is 19.2 Å². The molecule has 0 aromatic rings. The minimum Gasteiger partial charge on any atom is -0.368 e.